The highest BCUT2D eigenvalue weighted by atomic mass is 16.6. The normalized spacial score (nSPS) is 13.2. The number of hydrogen-bond donors (Lipinski definition) is 3. The molecule has 1 heterocycles. The van der Waals surface area contributed by atoms with Gasteiger partial charge in [0.15, 0.2) is 0 Å². The van der Waals surface area contributed by atoms with Crippen LogP contribution in [-0.2, 0) is 4.74 Å². The minimum Gasteiger partial charge on any atom is -0.444 e. The topological polar surface area (TPSA) is 93.0 Å². The molecule has 1 aromatic heterocycles. The molecule has 0 aliphatic carbocycles. The molecule has 0 bridgehead atoms. The van der Waals surface area contributed by atoms with Gasteiger partial charge in [-0.15, -0.1) is 0 Å². The molecule has 1 amide bonds. The van der Waals surface area contributed by atoms with Gasteiger partial charge < -0.3 is 20.8 Å². The van der Waals surface area contributed by atoms with Gasteiger partial charge in [0.25, 0.3) is 0 Å². The molecule has 0 saturated carbocycles. The number of carbonyl (C=O) groups is 1. The summed E-state index contributed by atoms with van der Waals surface area (Å²) in [6.45, 7) is 5.70. The summed E-state index contributed by atoms with van der Waals surface area (Å²) in [5.41, 5.74) is 5.80. The van der Waals surface area contributed by atoms with Crippen LogP contribution in [0.2, 0.25) is 0 Å². The van der Waals surface area contributed by atoms with Crippen molar-refractivity contribution in [3.63, 3.8) is 0 Å². The number of ether oxygens (including phenoxy) is 1. The number of aromatic nitrogens is 2. The van der Waals surface area contributed by atoms with Crippen LogP contribution in [0.15, 0.2) is 12.5 Å². The lowest BCUT2D eigenvalue weighted by Crippen LogP contribution is -2.37. The van der Waals surface area contributed by atoms with E-state index in [1.807, 2.05) is 0 Å². The molecule has 1 atom stereocenters. The number of rotatable bonds is 3. The van der Waals surface area contributed by atoms with Crippen molar-refractivity contribution in [2.75, 3.05) is 6.54 Å². The van der Waals surface area contributed by atoms with Gasteiger partial charge in [-0.1, -0.05) is 0 Å². The van der Waals surface area contributed by atoms with Crippen LogP contribution in [-0.4, -0.2) is 28.2 Å². The molecule has 90 valence electrons. The number of amides is 1. The quantitative estimate of drug-likeness (QED) is 0.715. The van der Waals surface area contributed by atoms with Gasteiger partial charge in [-0.2, -0.15) is 0 Å². The van der Waals surface area contributed by atoms with Crippen LogP contribution in [0.3, 0.4) is 0 Å². The Morgan fingerprint density at radius 3 is 2.81 bits per heavy atom. The first-order valence-corrected chi connectivity index (χ1v) is 5.10. The molecule has 0 radical (unpaired) electrons. The highest BCUT2D eigenvalue weighted by Gasteiger charge is 2.20. The molecule has 1 aromatic rings. The molecule has 1 unspecified atom stereocenters. The largest absolute Gasteiger partial charge is 0.444 e. The number of nitrogens with two attached hydrogens (primary N) is 1. The summed E-state index contributed by atoms with van der Waals surface area (Å²) in [6, 6.07) is -0.308. The van der Waals surface area contributed by atoms with Crippen LogP contribution >= 0.6 is 0 Å². The van der Waals surface area contributed by atoms with E-state index in [2.05, 4.69) is 15.3 Å². The van der Waals surface area contributed by atoms with E-state index in [9.17, 15) is 4.79 Å². The first-order chi connectivity index (χ1) is 7.42. The lowest BCUT2D eigenvalue weighted by atomic mass is 10.2. The van der Waals surface area contributed by atoms with Gasteiger partial charge >= 0.3 is 6.09 Å². The number of aromatic amines is 1. The zero-order chi connectivity index (χ0) is 12.2. The summed E-state index contributed by atoms with van der Waals surface area (Å²) in [5, 5.41) is 2.67. The van der Waals surface area contributed by atoms with Crippen LogP contribution in [0.1, 0.15) is 32.5 Å². The van der Waals surface area contributed by atoms with Gasteiger partial charge in [0.05, 0.1) is 24.3 Å². The zero-order valence-corrected chi connectivity index (χ0v) is 9.78. The van der Waals surface area contributed by atoms with Crippen LogP contribution in [0.4, 0.5) is 4.79 Å². The molecule has 0 spiro atoms. The van der Waals surface area contributed by atoms with Crippen molar-refractivity contribution in [1.29, 1.82) is 0 Å². The van der Waals surface area contributed by atoms with Gasteiger partial charge in [-0.3, -0.25) is 0 Å². The standard InChI is InChI=1S/C10H18N4O2/c1-10(2,3)16-9(15)14-7(4-11)8-5-12-6-13-8/h5-7H,4,11H2,1-3H3,(H,12,13)(H,14,15). The molecule has 16 heavy (non-hydrogen) atoms. The number of hydrogen-bond acceptors (Lipinski definition) is 4. The number of imidazole rings is 1. The minimum absolute atomic E-state index is 0.279. The van der Waals surface area contributed by atoms with Gasteiger partial charge in [0.2, 0.25) is 0 Å². The van der Waals surface area contributed by atoms with Crippen molar-refractivity contribution in [2.24, 2.45) is 5.73 Å². The summed E-state index contributed by atoms with van der Waals surface area (Å²) >= 11 is 0. The maximum Gasteiger partial charge on any atom is 0.408 e. The Bertz CT molecular complexity index is 329. The summed E-state index contributed by atoms with van der Waals surface area (Å²) in [6.07, 6.45) is 2.67. The third-order valence-corrected chi connectivity index (χ3v) is 1.82. The number of alkyl carbamates (subject to hydrolysis) is 1. The van der Waals surface area contributed by atoms with Crippen LogP contribution in [0, 0.1) is 0 Å². The summed E-state index contributed by atoms with van der Waals surface area (Å²) in [4.78, 5) is 18.3. The highest BCUT2D eigenvalue weighted by molar-refractivity contribution is 5.68. The SMILES string of the molecule is CC(C)(C)OC(=O)NC(CN)c1cnc[nH]1. The third kappa shape index (κ3) is 3.90. The second-order valence-corrected chi connectivity index (χ2v) is 4.44. The van der Waals surface area contributed by atoms with E-state index < -0.39 is 11.7 Å². The second-order valence-electron chi connectivity index (χ2n) is 4.44. The average Bonchev–Trinajstić information content (AvgIpc) is 2.63. The van der Waals surface area contributed by atoms with Crippen LogP contribution in [0.25, 0.3) is 0 Å². The van der Waals surface area contributed by atoms with Crippen molar-refractivity contribution in [1.82, 2.24) is 15.3 Å². The molecule has 1 rings (SSSR count). The lowest BCUT2D eigenvalue weighted by molar-refractivity contribution is 0.0504. The summed E-state index contributed by atoms with van der Waals surface area (Å²) in [5.74, 6) is 0. The molecule has 4 N–H and O–H groups in total. The Morgan fingerprint density at radius 1 is 1.69 bits per heavy atom. The maximum atomic E-state index is 11.5. The van der Waals surface area contributed by atoms with E-state index in [1.165, 1.54) is 6.33 Å². The van der Waals surface area contributed by atoms with Gasteiger partial charge in [0, 0.05) is 6.54 Å². The zero-order valence-electron chi connectivity index (χ0n) is 9.78. The molecular weight excluding hydrogens is 208 g/mol. The third-order valence-electron chi connectivity index (χ3n) is 1.82. The smallest absolute Gasteiger partial charge is 0.408 e. The monoisotopic (exact) mass is 226 g/mol. The average molecular weight is 226 g/mol. The predicted octanol–water partition coefficient (Wildman–Crippen LogP) is 0.934. The second kappa shape index (κ2) is 4.98. The van der Waals surface area contributed by atoms with E-state index in [1.54, 1.807) is 27.0 Å². The van der Waals surface area contributed by atoms with Crippen molar-refractivity contribution in [2.45, 2.75) is 32.4 Å². The van der Waals surface area contributed by atoms with E-state index in [-0.39, 0.29) is 12.6 Å². The van der Waals surface area contributed by atoms with E-state index in [0.717, 1.165) is 5.69 Å². The van der Waals surface area contributed by atoms with Crippen molar-refractivity contribution in [3.05, 3.63) is 18.2 Å². The molecule has 0 fully saturated rings. The molecule has 0 saturated heterocycles. The molecule has 0 aliphatic heterocycles. The molecule has 6 heteroatoms. The fourth-order valence-corrected chi connectivity index (χ4v) is 1.17. The Kier molecular flexibility index (Phi) is 3.89. The minimum atomic E-state index is -0.517. The number of nitrogens with zero attached hydrogens (tertiary/aromatic N) is 1. The summed E-state index contributed by atoms with van der Waals surface area (Å²) < 4.78 is 5.13. The van der Waals surface area contributed by atoms with Gasteiger partial charge in [-0.05, 0) is 20.8 Å². The Hall–Kier alpha value is -1.56. The number of carbonyl (C=O) groups excluding carboxylic acids is 1. The van der Waals surface area contributed by atoms with Crippen molar-refractivity contribution >= 4 is 6.09 Å². The number of nitrogens with one attached hydrogen (secondary N) is 2. The Balaban J connectivity index is 2.55. The lowest BCUT2D eigenvalue weighted by Gasteiger charge is -2.22. The van der Waals surface area contributed by atoms with E-state index >= 15 is 0 Å². The highest BCUT2D eigenvalue weighted by Crippen LogP contribution is 2.10. The van der Waals surface area contributed by atoms with Crippen LogP contribution < -0.4 is 11.1 Å². The molecule has 0 aromatic carbocycles. The first-order valence-electron chi connectivity index (χ1n) is 5.10. The van der Waals surface area contributed by atoms with E-state index in [4.69, 9.17) is 10.5 Å². The first kappa shape index (κ1) is 12.5. The predicted molar refractivity (Wildman–Crippen MR) is 59.8 cm³/mol. The van der Waals surface area contributed by atoms with Gasteiger partial charge in [-0.25, -0.2) is 9.78 Å². The maximum absolute atomic E-state index is 11.5. The van der Waals surface area contributed by atoms with Crippen molar-refractivity contribution < 1.29 is 9.53 Å². The Morgan fingerprint density at radius 2 is 2.38 bits per heavy atom. The molecule has 0 aliphatic rings. The Labute approximate surface area is 94.6 Å². The van der Waals surface area contributed by atoms with Gasteiger partial charge in [0.1, 0.15) is 5.60 Å². The molecular formula is C10H18N4O2. The van der Waals surface area contributed by atoms with E-state index in [0.29, 0.717) is 0 Å². The fourth-order valence-electron chi connectivity index (χ4n) is 1.17. The fraction of sp³-hybridized carbons (Fsp3) is 0.600. The molecule has 6 nitrogen and oxygen atoms in total. The van der Waals surface area contributed by atoms with Crippen molar-refractivity contribution in [3.8, 4) is 0 Å². The summed E-state index contributed by atoms with van der Waals surface area (Å²) in [7, 11) is 0. The van der Waals surface area contributed by atoms with Crippen LogP contribution in [0.5, 0.6) is 0 Å². The number of H-pyrrole nitrogens is 1.